The summed E-state index contributed by atoms with van der Waals surface area (Å²) < 4.78 is 0. The van der Waals surface area contributed by atoms with Gasteiger partial charge in [-0.05, 0) is 50.3 Å². The van der Waals surface area contributed by atoms with Crippen LogP contribution in [0.15, 0.2) is 24.3 Å². The van der Waals surface area contributed by atoms with Crippen LogP contribution in [0, 0.1) is 5.92 Å². The quantitative estimate of drug-likeness (QED) is 0.771. The van der Waals surface area contributed by atoms with Crippen molar-refractivity contribution in [1.29, 1.82) is 0 Å². The number of hydrogen-bond acceptors (Lipinski definition) is 2. The summed E-state index contributed by atoms with van der Waals surface area (Å²) in [7, 11) is 0. The van der Waals surface area contributed by atoms with Gasteiger partial charge in [-0.1, -0.05) is 25.0 Å². The third-order valence-electron chi connectivity index (χ3n) is 4.30. The molecule has 4 N–H and O–H groups in total. The number of carbonyl (C=O) groups excluding carboxylic acids is 1. The van der Waals surface area contributed by atoms with Gasteiger partial charge in [0, 0.05) is 17.8 Å². The third-order valence-corrected chi connectivity index (χ3v) is 4.30. The molecule has 0 saturated heterocycles. The highest BCUT2D eigenvalue weighted by Crippen LogP contribution is 2.29. The Balaban J connectivity index is 1.91. The fourth-order valence-electron chi connectivity index (χ4n) is 3.08. The topological polar surface area (TPSA) is 67.2 Å². The first-order valence-corrected chi connectivity index (χ1v) is 7.48. The Labute approximate surface area is 121 Å². The molecule has 1 aromatic carbocycles. The summed E-state index contributed by atoms with van der Waals surface area (Å²) >= 11 is 0. The largest absolute Gasteiger partial charge is 0.351 e. The molecular weight excluding hydrogens is 250 g/mol. The van der Waals surface area contributed by atoms with E-state index in [1.165, 1.54) is 31.2 Å². The number of urea groups is 1. The molecule has 1 fully saturated rings. The molecule has 0 radical (unpaired) electrons. The van der Waals surface area contributed by atoms with Gasteiger partial charge in [-0.25, -0.2) is 4.79 Å². The van der Waals surface area contributed by atoms with Gasteiger partial charge in [0.25, 0.3) is 0 Å². The molecule has 1 aliphatic rings. The predicted molar refractivity (Wildman–Crippen MR) is 82.6 cm³/mol. The van der Waals surface area contributed by atoms with E-state index in [1.54, 1.807) is 0 Å². The maximum absolute atomic E-state index is 10.8. The summed E-state index contributed by atoms with van der Waals surface area (Å²) in [6, 6.07) is 8.17. The molecule has 0 aliphatic heterocycles. The van der Waals surface area contributed by atoms with Gasteiger partial charge in [-0.3, -0.25) is 0 Å². The zero-order chi connectivity index (χ0) is 14.5. The SMILES string of the molecule is CC(N[C@@H](C)C1CCCC1)c1ccc(NC(N)=O)cc1. The monoisotopic (exact) mass is 275 g/mol. The molecule has 4 heteroatoms. The molecule has 1 aromatic rings. The van der Waals surface area contributed by atoms with Crippen molar-refractivity contribution in [2.24, 2.45) is 11.7 Å². The van der Waals surface area contributed by atoms with Crippen LogP contribution in [-0.4, -0.2) is 12.1 Å². The van der Waals surface area contributed by atoms with E-state index in [0.717, 1.165) is 11.6 Å². The van der Waals surface area contributed by atoms with E-state index in [2.05, 4.69) is 24.5 Å². The molecule has 110 valence electrons. The highest BCUT2D eigenvalue weighted by atomic mass is 16.2. The van der Waals surface area contributed by atoms with Crippen LogP contribution in [0.4, 0.5) is 10.5 Å². The molecule has 0 heterocycles. The fraction of sp³-hybridized carbons (Fsp3) is 0.562. The number of amides is 2. The molecule has 1 unspecified atom stereocenters. The van der Waals surface area contributed by atoms with Gasteiger partial charge in [-0.2, -0.15) is 0 Å². The van der Waals surface area contributed by atoms with Gasteiger partial charge in [0.1, 0.15) is 0 Å². The fourth-order valence-corrected chi connectivity index (χ4v) is 3.08. The van der Waals surface area contributed by atoms with Crippen molar-refractivity contribution in [2.45, 2.75) is 51.6 Å². The average Bonchev–Trinajstić information content (AvgIpc) is 2.92. The zero-order valence-electron chi connectivity index (χ0n) is 12.4. The second kappa shape index (κ2) is 6.75. The number of primary amides is 1. The summed E-state index contributed by atoms with van der Waals surface area (Å²) in [4.78, 5) is 10.8. The minimum Gasteiger partial charge on any atom is -0.351 e. The molecule has 0 aromatic heterocycles. The van der Waals surface area contributed by atoms with Crippen molar-refractivity contribution < 1.29 is 4.79 Å². The van der Waals surface area contributed by atoms with Gasteiger partial charge in [0.2, 0.25) is 0 Å². The molecule has 2 atom stereocenters. The highest BCUT2D eigenvalue weighted by Gasteiger charge is 2.22. The van der Waals surface area contributed by atoms with Gasteiger partial charge in [0.05, 0.1) is 0 Å². The average molecular weight is 275 g/mol. The highest BCUT2D eigenvalue weighted by molar-refractivity contribution is 5.87. The lowest BCUT2D eigenvalue weighted by Crippen LogP contribution is -2.34. The maximum Gasteiger partial charge on any atom is 0.316 e. The molecule has 2 amide bonds. The van der Waals surface area contributed by atoms with Crippen LogP contribution >= 0.6 is 0 Å². The molecule has 20 heavy (non-hydrogen) atoms. The maximum atomic E-state index is 10.8. The predicted octanol–water partition coefficient (Wildman–Crippen LogP) is 3.41. The molecule has 4 nitrogen and oxygen atoms in total. The van der Waals surface area contributed by atoms with Gasteiger partial charge < -0.3 is 16.4 Å². The molecule has 0 bridgehead atoms. The minimum atomic E-state index is -0.529. The number of nitrogens with two attached hydrogens (primary N) is 1. The smallest absolute Gasteiger partial charge is 0.316 e. The van der Waals surface area contributed by atoms with E-state index in [1.807, 2.05) is 24.3 Å². The molecule has 0 spiro atoms. The van der Waals surface area contributed by atoms with Crippen LogP contribution in [0.25, 0.3) is 0 Å². The number of rotatable bonds is 5. The van der Waals surface area contributed by atoms with Crippen molar-refractivity contribution in [3.05, 3.63) is 29.8 Å². The van der Waals surface area contributed by atoms with E-state index >= 15 is 0 Å². The van der Waals surface area contributed by atoms with E-state index < -0.39 is 6.03 Å². The normalized spacial score (nSPS) is 18.7. The first kappa shape index (κ1) is 14.9. The Hall–Kier alpha value is -1.55. The summed E-state index contributed by atoms with van der Waals surface area (Å²) in [6.45, 7) is 4.47. The number of benzene rings is 1. The van der Waals surface area contributed by atoms with Crippen molar-refractivity contribution in [3.63, 3.8) is 0 Å². The lowest BCUT2D eigenvalue weighted by molar-refractivity contribution is 0.259. The molecular formula is C16H25N3O. The number of carbonyl (C=O) groups is 1. The Kier molecular flexibility index (Phi) is 5.01. The molecule has 1 aliphatic carbocycles. The first-order chi connectivity index (χ1) is 9.56. The second-order valence-electron chi connectivity index (χ2n) is 5.83. The number of anilines is 1. The van der Waals surface area contributed by atoms with E-state index in [-0.39, 0.29) is 0 Å². The Bertz CT molecular complexity index is 438. The van der Waals surface area contributed by atoms with E-state index in [9.17, 15) is 4.79 Å². The summed E-state index contributed by atoms with van der Waals surface area (Å²) in [5, 5.41) is 6.26. The van der Waals surface area contributed by atoms with Crippen LogP contribution in [-0.2, 0) is 0 Å². The van der Waals surface area contributed by atoms with Crippen LogP contribution in [0.2, 0.25) is 0 Å². The lowest BCUT2D eigenvalue weighted by Gasteiger charge is -2.25. The Morgan fingerprint density at radius 2 is 1.80 bits per heavy atom. The zero-order valence-corrected chi connectivity index (χ0v) is 12.4. The Morgan fingerprint density at radius 1 is 1.20 bits per heavy atom. The molecule has 2 rings (SSSR count). The van der Waals surface area contributed by atoms with Gasteiger partial charge in [-0.15, -0.1) is 0 Å². The number of hydrogen-bond donors (Lipinski definition) is 3. The van der Waals surface area contributed by atoms with Crippen LogP contribution in [0.1, 0.15) is 51.1 Å². The first-order valence-electron chi connectivity index (χ1n) is 7.48. The third kappa shape index (κ3) is 3.97. The molecule has 1 saturated carbocycles. The second-order valence-corrected chi connectivity index (χ2v) is 5.83. The van der Waals surface area contributed by atoms with Crippen LogP contribution in [0.3, 0.4) is 0 Å². The standard InChI is InChI=1S/C16H25N3O/c1-11(13-5-3-4-6-13)18-12(2)14-7-9-15(10-8-14)19-16(17)20/h7-13,18H,3-6H2,1-2H3,(H3,17,19,20)/t11-,12?/m0/s1. The van der Waals surface area contributed by atoms with Crippen molar-refractivity contribution >= 4 is 11.7 Å². The number of nitrogens with one attached hydrogen (secondary N) is 2. The van der Waals surface area contributed by atoms with Gasteiger partial charge >= 0.3 is 6.03 Å². The van der Waals surface area contributed by atoms with Crippen molar-refractivity contribution in [1.82, 2.24) is 5.32 Å². The van der Waals surface area contributed by atoms with Crippen molar-refractivity contribution in [2.75, 3.05) is 5.32 Å². The summed E-state index contributed by atoms with van der Waals surface area (Å²) in [6.07, 6.45) is 5.45. The van der Waals surface area contributed by atoms with E-state index in [4.69, 9.17) is 5.73 Å². The Morgan fingerprint density at radius 3 is 2.35 bits per heavy atom. The van der Waals surface area contributed by atoms with Gasteiger partial charge in [0.15, 0.2) is 0 Å². The van der Waals surface area contributed by atoms with Crippen LogP contribution < -0.4 is 16.4 Å². The van der Waals surface area contributed by atoms with E-state index in [0.29, 0.717) is 12.1 Å². The lowest BCUT2D eigenvalue weighted by atomic mass is 9.98. The van der Waals surface area contributed by atoms with Crippen LogP contribution in [0.5, 0.6) is 0 Å². The summed E-state index contributed by atoms with van der Waals surface area (Å²) in [5.74, 6) is 0.813. The summed E-state index contributed by atoms with van der Waals surface area (Å²) in [5.41, 5.74) is 7.06. The van der Waals surface area contributed by atoms with Crippen molar-refractivity contribution in [3.8, 4) is 0 Å². The minimum absolute atomic E-state index is 0.313.